The van der Waals surface area contributed by atoms with E-state index in [1.165, 1.54) is 173 Å². The third-order valence-electron chi connectivity index (χ3n) is 12.2. The molecule has 0 aromatic rings. The number of phosphoric acid groups is 1. The van der Waals surface area contributed by atoms with E-state index in [9.17, 15) is 19.4 Å². The van der Waals surface area contributed by atoms with Gasteiger partial charge in [-0.15, -0.1) is 0 Å². The van der Waals surface area contributed by atoms with Crippen molar-refractivity contribution in [2.45, 2.75) is 257 Å². The maximum atomic E-state index is 12.9. The summed E-state index contributed by atoms with van der Waals surface area (Å²) in [7, 11) is 1.23. The van der Waals surface area contributed by atoms with Gasteiger partial charge in [-0.25, -0.2) is 0 Å². The first-order chi connectivity index (χ1) is 32.0. The van der Waals surface area contributed by atoms with E-state index in [0.29, 0.717) is 17.4 Å². The van der Waals surface area contributed by atoms with Crippen LogP contribution in [0.2, 0.25) is 0 Å². The molecule has 0 radical (unpaired) electrons. The predicted octanol–water partition coefficient (Wildman–Crippen LogP) is 15.9. The molecule has 0 aliphatic carbocycles. The Labute approximate surface area is 409 Å². The van der Waals surface area contributed by atoms with E-state index < -0.39 is 26.6 Å². The van der Waals surface area contributed by atoms with Crippen LogP contribution in [0.25, 0.3) is 0 Å². The summed E-state index contributed by atoms with van der Waals surface area (Å²) in [6, 6.07) is -0.913. The van der Waals surface area contributed by atoms with Gasteiger partial charge < -0.3 is 28.8 Å². The second kappa shape index (κ2) is 48.2. The van der Waals surface area contributed by atoms with E-state index in [4.69, 9.17) is 9.05 Å². The SMILES string of the molecule is CCCCCCC/C=C\C/C=C\CCCCCCCCCCCCCC(=O)NC(COP(=O)([O-])OCC[N+](C)(C)C)C(O)/C=C/CC/C=C/CC/C=C/CCCCCCCCCCCCC. The fraction of sp³-hybridized carbons (Fsp3) is 0.807. The summed E-state index contributed by atoms with van der Waals surface area (Å²) < 4.78 is 23.3. The Balaban J connectivity index is 4.33. The first-order valence-corrected chi connectivity index (χ1v) is 29.1. The zero-order valence-electron chi connectivity index (χ0n) is 43.9. The van der Waals surface area contributed by atoms with E-state index in [2.05, 4.69) is 67.8 Å². The molecule has 0 aliphatic heterocycles. The lowest BCUT2D eigenvalue weighted by Gasteiger charge is -2.29. The van der Waals surface area contributed by atoms with Crippen LogP contribution in [0.3, 0.4) is 0 Å². The molecule has 0 heterocycles. The number of unbranched alkanes of at least 4 members (excludes halogenated alkanes) is 29. The molecular weight excluding hydrogens is 840 g/mol. The molecule has 8 nitrogen and oxygen atoms in total. The molecule has 0 fully saturated rings. The third-order valence-corrected chi connectivity index (χ3v) is 13.1. The van der Waals surface area contributed by atoms with Gasteiger partial charge in [0.2, 0.25) is 5.91 Å². The highest BCUT2D eigenvalue weighted by Crippen LogP contribution is 2.38. The van der Waals surface area contributed by atoms with Gasteiger partial charge in [0.15, 0.2) is 0 Å². The first kappa shape index (κ1) is 64.2. The zero-order chi connectivity index (χ0) is 48.5. The summed E-state index contributed by atoms with van der Waals surface area (Å²) in [6.07, 6.45) is 64.3. The Morgan fingerprint density at radius 1 is 0.530 bits per heavy atom. The zero-order valence-corrected chi connectivity index (χ0v) is 44.8. The van der Waals surface area contributed by atoms with E-state index in [0.717, 1.165) is 51.4 Å². The van der Waals surface area contributed by atoms with E-state index in [1.54, 1.807) is 6.08 Å². The van der Waals surface area contributed by atoms with Crippen molar-refractivity contribution in [1.82, 2.24) is 5.32 Å². The van der Waals surface area contributed by atoms with Crippen LogP contribution in [0.15, 0.2) is 60.8 Å². The monoisotopic (exact) mass is 947 g/mol. The van der Waals surface area contributed by atoms with Crippen LogP contribution in [-0.2, 0) is 18.4 Å². The first-order valence-electron chi connectivity index (χ1n) is 27.7. The van der Waals surface area contributed by atoms with E-state index in [1.807, 2.05) is 27.2 Å². The smallest absolute Gasteiger partial charge is 0.268 e. The Morgan fingerprint density at radius 2 is 0.894 bits per heavy atom. The number of hydrogen-bond acceptors (Lipinski definition) is 6. The summed E-state index contributed by atoms with van der Waals surface area (Å²) >= 11 is 0. The number of hydrogen-bond donors (Lipinski definition) is 2. The summed E-state index contributed by atoms with van der Waals surface area (Å²) in [5, 5.41) is 13.8. The van der Waals surface area contributed by atoms with Gasteiger partial charge in [0.25, 0.3) is 7.82 Å². The van der Waals surface area contributed by atoms with E-state index in [-0.39, 0.29) is 12.5 Å². The summed E-state index contributed by atoms with van der Waals surface area (Å²) in [4.78, 5) is 25.5. The molecule has 0 aliphatic rings. The highest BCUT2D eigenvalue weighted by molar-refractivity contribution is 7.45. The molecule has 3 unspecified atom stereocenters. The number of rotatable bonds is 50. The molecule has 0 spiro atoms. The number of carbonyl (C=O) groups excluding carboxylic acids is 1. The van der Waals surface area contributed by atoms with Crippen LogP contribution in [0.5, 0.6) is 0 Å². The number of nitrogens with zero attached hydrogens (tertiary/aromatic N) is 1. The number of quaternary nitrogens is 1. The van der Waals surface area contributed by atoms with Crippen molar-refractivity contribution in [3.8, 4) is 0 Å². The number of nitrogens with one attached hydrogen (secondary N) is 1. The molecule has 66 heavy (non-hydrogen) atoms. The number of aliphatic hydroxyl groups excluding tert-OH is 1. The minimum absolute atomic E-state index is 0.0109. The molecule has 386 valence electrons. The molecule has 9 heteroatoms. The number of phosphoric ester groups is 1. The second-order valence-corrected chi connectivity index (χ2v) is 21.3. The van der Waals surface area contributed by atoms with Crippen molar-refractivity contribution in [2.75, 3.05) is 40.9 Å². The number of amides is 1. The van der Waals surface area contributed by atoms with Crippen LogP contribution in [0.1, 0.15) is 245 Å². The molecule has 0 saturated carbocycles. The highest BCUT2D eigenvalue weighted by atomic mass is 31.2. The molecule has 1 amide bonds. The fourth-order valence-corrected chi connectivity index (χ4v) is 8.53. The van der Waals surface area contributed by atoms with Crippen LogP contribution in [-0.4, -0.2) is 68.5 Å². The van der Waals surface area contributed by atoms with Crippen LogP contribution in [0, 0.1) is 0 Å². The molecule has 0 aromatic carbocycles. The predicted molar refractivity (Wildman–Crippen MR) is 284 cm³/mol. The van der Waals surface area contributed by atoms with Gasteiger partial charge in [0.1, 0.15) is 13.2 Å². The largest absolute Gasteiger partial charge is 0.756 e. The normalized spacial score (nSPS) is 14.5. The van der Waals surface area contributed by atoms with Crippen molar-refractivity contribution >= 4 is 13.7 Å². The van der Waals surface area contributed by atoms with Crippen molar-refractivity contribution in [3.05, 3.63) is 60.8 Å². The average Bonchev–Trinajstić information content (AvgIpc) is 3.28. The van der Waals surface area contributed by atoms with Crippen LogP contribution < -0.4 is 10.2 Å². The summed E-state index contributed by atoms with van der Waals surface area (Å²) in [6.45, 7) is 4.62. The summed E-state index contributed by atoms with van der Waals surface area (Å²) in [5.74, 6) is -0.214. The Bertz CT molecular complexity index is 1260. The Kier molecular flexibility index (Phi) is 46.9. The van der Waals surface area contributed by atoms with Gasteiger partial charge in [-0.2, -0.15) is 0 Å². The number of carbonyl (C=O) groups is 1. The van der Waals surface area contributed by atoms with Gasteiger partial charge in [-0.05, 0) is 77.0 Å². The van der Waals surface area contributed by atoms with Gasteiger partial charge >= 0.3 is 0 Å². The molecule has 3 atom stereocenters. The number of aliphatic hydroxyl groups is 1. The lowest BCUT2D eigenvalue weighted by Crippen LogP contribution is -2.45. The number of allylic oxidation sites excluding steroid dienone is 9. The molecule has 0 aromatic heterocycles. The lowest BCUT2D eigenvalue weighted by molar-refractivity contribution is -0.870. The summed E-state index contributed by atoms with van der Waals surface area (Å²) in [5.41, 5.74) is 0. The van der Waals surface area contributed by atoms with Gasteiger partial charge in [-0.3, -0.25) is 9.36 Å². The Hall–Kier alpha value is -1.80. The standard InChI is InChI=1S/C57H107N2O6P/c1-6-8-10-12-14-16-18-20-22-24-26-28-29-31-33-35-37-39-41-43-45-47-49-51-57(61)58-55(54-65-66(62,63)64-53-52-59(3,4)5)56(60)50-48-46-44-42-40-38-36-34-32-30-27-25-23-21-19-17-15-13-11-9-7-2/h18,20,24,26,32,34,40,42,48,50,55-56,60H,6-17,19,21-23,25,27-31,33,35-39,41,43-47,49,51-54H2,1-5H3,(H-,58,61,62,63)/b20-18-,26-24-,34-32+,42-40+,50-48+. The van der Waals surface area contributed by atoms with Crippen LogP contribution in [0.4, 0.5) is 0 Å². The van der Waals surface area contributed by atoms with Crippen molar-refractivity contribution in [1.29, 1.82) is 0 Å². The second-order valence-electron chi connectivity index (χ2n) is 19.9. The fourth-order valence-electron chi connectivity index (χ4n) is 7.80. The molecule has 0 bridgehead atoms. The van der Waals surface area contributed by atoms with Gasteiger partial charge in [0, 0.05) is 6.42 Å². The van der Waals surface area contributed by atoms with E-state index >= 15 is 0 Å². The average molecular weight is 947 g/mol. The Morgan fingerprint density at radius 3 is 1.32 bits per heavy atom. The topological polar surface area (TPSA) is 108 Å². The number of likely N-dealkylation sites (N-methyl/N-ethyl adjacent to an activating group) is 1. The third kappa shape index (κ3) is 50.1. The van der Waals surface area contributed by atoms with Crippen molar-refractivity contribution in [3.63, 3.8) is 0 Å². The molecule has 0 saturated heterocycles. The maximum Gasteiger partial charge on any atom is 0.268 e. The molecular formula is C57H107N2O6P. The minimum Gasteiger partial charge on any atom is -0.756 e. The van der Waals surface area contributed by atoms with Crippen LogP contribution >= 0.6 is 7.82 Å². The molecule has 0 rings (SSSR count). The maximum absolute atomic E-state index is 12.9. The lowest BCUT2D eigenvalue weighted by atomic mass is 10.0. The van der Waals surface area contributed by atoms with Crippen molar-refractivity contribution in [2.24, 2.45) is 0 Å². The highest BCUT2D eigenvalue weighted by Gasteiger charge is 2.23. The van der Waals surface area contributed by atoms with Gasteiger partial charge in [-0.1, -0.05) is 222 Å². The van der Waals surface area contributed by atoms with Gasteiger partial charge in [0.05, 0.1) is 39.9 Å². The minimum atomic E-state index is -4.61. The molecule has 2 N–H and O–H groups in total. The van der Waals surface area contributed by atoms with Crippen molar-refractivity contribution < 1.29 is 32.9 Å². The quantitative estimate of drug-likeness (QED) is 0.0272.